The molecule has 112 valence electrons. The molecule has 0 fully saturated rings. The molecule has 0 aliphatic heterocycles. The van der Waals surface area contributed by atoms with Gasteiger partial charge in [0.2, 0.25) is 0 Å². The smallest absolute Gasteiger partial charge is 0.133 e. The molecule has 0 aliphatic carbocycles. The lowest BCUT2D eigenvalue weighted by molar-refractivity contribution is 0.281. The van der Waals surface area contributed by atoms with Crippen LogP contribution in [0.4, 0.5) is 11.5 Å². The number of anilines is 2. The summed E-state index contributed by atoms with van der Waals surface area (Å²) in [5.74, 6) is 1.24. The van der Waals surface area contributed by atoms with Crippen LogP contribution in [0.3, 0.4) is 0 Å². The number of pyridine rings is 1. The normalized spacial score (nSPS) is 11.0. The molecule has 0 spiro atoms. The van der Waals surface area contributed by atoms with Crippen molar-refractivity contribution in [3.05, 3.63) is 53.2 Å². The summed E-state index contributed by atoms with van der Waals surface area (Å²) in [5, 5.41) is 9.49. The third-order valence-corrected chi connectivity index (χ3v) is 3.57. The van der Waals surface area contributed by atoms with E-state index in [4.69, 9.17) is 4.98 Å². The molecule has 1 N–H and O–H groups in total. The topological polar surface area (TPSA) is 36.4 Å². The van der Waals surface area contributed by atoms with Gasteiger partial charge < -0.3 is 10.0 Å². The Morgan fingerprint density at radius 1 is 1.19 bits per heavy atom. The van der Waals surface area contributed by atoms with Crippen molar-refractivity contribution >= 4 is 11.5 Å². The third-order valence-electron chi connectivity index (χ3n) is 3.57. The van der Waals surface area contributed by atoms with E-state index in [1.807, 2.05) is 12.1 Å². The Hall–Kier alpha value is -1.87. The van der Waals surface area contributed by atoms with Crippen molar-refractivity contribution in [2.24, 2.45) is 0 Å². The summed E-state index contributed by atoms with van der Waals surface area (Å²) in [7, 11) is 0. The van der Waals surface area contributed by atoms with Gasteiger partial charge in [0.1, 0.15) is 5.82 Å². The first-order valence-electron chi connectivity index (χ1n) is 7.51. The fourth-order valence-corrected chi connectivity index (χ4v) is 2.39. The molecule has 21 heavy (non-hydrogen) atoms. The fourth-order valence-electron chi connectivity index (χ4n) is 2.39. The molecular weight excluding hydrogens is 260 g/mol. The first kappa shape index (κ1) is 15.5. The predicted octanol–water partition coefficient (Wildman–Crippen LogP) is 4.16. The van der Waals surface area contributed by atoms with Gasteiger partial charge in [0.15, 0.2) is 0 Å². The van der Waals surface area contributed by atoms with Crippen molar-refractivity contribution in [1.82, 2.24) is 4.98 Å². The molecule has 2 aromatic rings. The SMILES string of the molecule is CCN(c1cccc(C)c1)c1cc(CO)cc(C(C)C)n1. The summed E-state index contributed by atoms with van der Waals surface area (Å²) in [5.41, 5.74) is 4.29. The zero-order valence-corrected chi connectivity index (χ0v) is 13.3. The van der Waals surface area contributed by atoms with E-state index in [-0.39, 0.29) is 6.61 Å². The molecule has 0 saturated heterocycles. The molecule has 0 bridgehead atoms. The zero-order valence-electron chi connectivity index (χ0n) is 13.3. The molecular formula is C18H24N2O. The second-order valence-corrected chi connectivity index (χ2v) is 5.65. The summed E-state index contributed by atoms with van der Waals surface area (Å²) in [6.07, 6.45) is 0. The number of hydrogen-bond acceptors (Lipinski definition) is 3. The quantitative estimate of drug-likeness (QED) is 0.895. The van der Waals surface area contributed by atoms with Gasteiger partial charge in [-0.3, -0.25) is 0 Å². The van der Waals surface area contributed by atoms with E-state index in [1.165, 1.54) is 5.56 Å². The van der Waals surface area contributed by atoms with Crippen LogP contribution >= 0.6 is 0 Å². The van der Waals surface area contributed by atoms with Crippen LogP contribution in [-0.2, 0) is 6.61 Å². The molecule has 1 heterocycles. The minimum Gasteiger partial charge on any atom is -0.392 e. The van der Waals surface area contributed by atoms with Gasteiger partial charge in [-0.15, -0.1) is 0 Å². The third kappa shape index (κ3) is 3.61. The van der Waals surface area contributed by atoms with Gasteiger partial charge >= 0.3 is 0 Å². The minimum atomic E-state index is 0.0423. The Kier molecular flexibility index (Phi) is 4.97. The van der Waals surface area contributed by atoms with E-state index >= 15 is 0 Å². The molecule has 1 aromatic heterocycles. The monoisotopic (exact) mass is 284 g/mol. The van der Waals surface area contributed by atoms with Crippen molar-refractivity contribution in [2.45, 2.75) is 40.2 Å². The van der Waals surface area contributed by atoms with E-state index in [1.54, 1.807) is 0 Å². The number of aliphatic hydroxyl groups is 1. The van der Waals surface area contributed by atoms with Crippen LogP contribution < -0.4 is 4.90 Å². The average molecular weight is 284 g/mol. The van der Waals surface area contributed by atoms with Gasteiger partial charge in [-0.2, -0.15) is 0 Å². The summed E-state index contributed by atoms with van der Waals surface area (Å²) in [6, 6.07) is 12.4. The van der Waals surface area contributed by atoms with E-state index < -0.39 is 0 Å². The molecule has 3 nitrogen and oxygen atoms in total. The van der Waals surface area contributed by atoms with Crippen LogP contribution in [0.5, 0.6) is 0 Å². The number of aryl methyl sites for hydroxylation is 1. The Labute approximate surface area is 127 Å². The Morgan fingerprint density at radius 2 is 1.95 bits per heavy atom. The van der Waals surface area contributed by atoms with Crippen molar-refractivity contribution in [3.8, 4) is 0 Å². The second kappa shape index (κ2) is 6.72. The molecule has 0 saturated carbocycles. The van der Waals surface area contributed by atoms with Crippen LogP contribution in [0.15, 0.2) is 36.4 Å². The largest absolute Gasteiger partial charge is 0.392 e. The number of rotatable bonds is 5. The van der Waals surface area contributed by atoms with Crippen LogP contribution in [0, 0.1) is 6.92 Å². The molecule has 0 radical (unpaired) electrons. The molecule has 0 unspecified atom stereocenters. The predicted molar refractivity (Wildman–Crippen MR) is 88.1 cm³/mol. The molecule has 0 aliphatic rings. The van der Waals surface area contributed by atoms with Crippen molar-refractivity contribution in [2.75, 3.05) is 11.4 Å². The lowest BCUT2D eigenvalue weighted by Crippen LogP contribution is -2.18. The van der Waals surface area contributed by atoms with Crippen molar-refractivity contribution in [1.29, 1.82) is 0 Å². The molecule has 3 heteroatoms. The highest BCUT2D eigenvalue weighted by Crippen LogP contribution is 2.27. The van der Waals surface area contributed by atoms with Crippen molar-refractivity contribution in [3.63, 3.8) is 0 Å². The lowest BCUT2D eigenvalue weighted by atomic mass is 10.1. The van der Waals surface area contributed by atoms with E-state index in [0.29, 0.717) is 5.92 Å². The number of nitrogens with zero attached hydrogens (tertiary/aromatic N) is 2. The second-order valence-electron chi connectivity index (χ2n) is 5.65. The van der Waals surface area contributed by atoms with Crippen molar-refractivity contribution < 1.29 is 5.11 Å². The van der Waals surface area contributed by atoms with E-state index in [9.17, 15) is 5.11 Å². The maximum Gasteiger partial charge on any atom is 0.133 e. The number of aromatic nitrogens is 1. The van der Waals surface area contributed by atoms with Gasteiger partial charge in [-0.25, -0.2) is 4.98 Å². The highest BCUT2D eigenvalue weighted by Gasteiger charge is 2.12. The number of benzene rings is 1. The Morgan fingerprint density at radius 3 is 2.52 bits per heavy atom. The molecule has 2 rings (SSSR count). The number of aliphatic hydroxyl groups excluding tert-OH is 1. The Bertz CT molecular complexity index is 608. The van der Waals surface area contributed by atoms with Gasteiger partial charge in [0.05, 0.1) is 6.61 Å². The molecule has 0 amide bonds. The van der Waals surface area contributed by atoms with Gasteiger partial charge in [0.25, 0.3) is 0 Å². The highest BCUT2D eigenvalue weighted by molar-refractivity contribution is 5.61. The fraction of sp³-hybridized carbons (Fsp3) is 0.389. The standard InChI is InChI=1S/C18H24N2O/c1-5-20(16-8-6-7-14(4)9-16)18-11-15(12-21)10-17(19-18)13(2)3/h6-11,13,21H,5,12H2,1-4H3. The van der Waals surface area contributed by atoms with Crippen LogP contribution in [0.1, 0.15) is 43.5 Å². The average Bonchev–Trinajstić information content (AvgIpc) is 2.47. The summed E-state index contributed by atoms with van der Waals surface area (Å²) >= 11 is 0. The van der Waals surface area contributed by atoms with E-state index in [0.717, 1.165) is 29.3 Å². The summed E-state index contributed by atoms with van der Waals surface area (Å²) in [4.78, 5) is 6.95. The van der Waals surface area contributed by atoms with Crippen LogP contribution in [-0.4, -0.2) is 16.6 Å². The molecule has 1 aromatic carbocycles. The first-order chi connectivity index (χ1) is 10.0. The lowest BCUT2D eigenvalue weighted by Gasteiger charge is -2.24. The Balaban J connectivity index is 2.48. The maximum absolute atomic E-state index is 9.49. The van der Waals surface area contributed by atoms with Crippen LogP contribution in [0.2, 0.25) is 0 Å². The van der Waals surface area contributed by atoms with Gasteiger partial charge in [-0.05, 0) is 55.2 Å². The minimum absolute atomic E-state index is 0.0423. The summed E-state index contributed by atoms with van der Waals surface area (Å²) < 4.78 is 0. The highest BCUT2D eigenvalue weighted by atomic mass is 16.3. The maximum atomic E-state index is 9.49. The van der Waals surface area contributed by atoms with Gasteiger partial charge in [0, 0.05) is 17.9 Å². The van der Waals surface area contributed by atoms with Crippen LogP contribution in [0.25, 0.3) is 0 Å². The van der Waals surface area contributed by atoms with E-state index in [2.05, 4.69) is 56.9 Å². The summed E-state index contributed by atoms with van der Waals surface area (Å²) in [6.45, 7) is 9.33. The van der Waals surface area contributed by atoms with Gasteiger partial charge in [-0.1, -0.05) is 26.0 Å². The molecule has 0 atom stereocenters. The number of hydrogen-bond donors (Lipinski definition) is 1. The zero-order chi connectivity index (χ0) is 15.4. The first-order valence-corrected chi connectivity index (χ1v) is 7.51.